The normalized spacial score (nSPS) is 17.8. The van der Waals surface area contributed by atoms with Crippen molar-refractivity contribution in [3.8, 4) is 0 Å². The second kappa shape index (κ2) is 4.68. The minimum atomic E-state index is -0.822. The molecule has 1 saturated carbocycles. The fourth-order valence-corrected chi connectivity index (χ4v) is 2.80. The van der Waals surface area contributed by atoms with Gasteiger partial charge in [-0.3, -0.25) is 4.79 Å². The molecule has 1 aromatic rings. The van der Waals surface area contributed by atoms with Gasteiger partial charge in [-0.15, -0.1) is 10.2 Å². The van der Waals surface area contributed by atoms with Crippen LogP contribution < -0.4 is 0 Å². The molecule has 17 heavy (non-hydrogen) atoms. The Morgan fingerprint density at radius 2 is 2.24 bits per heavy atom. The lowest BCUT2D eigenvalue weighted by Crippen LogP contribution is -2.31. The number of aliphatic carboxylic acids is 1. The highest BCUT2D eigenvalue weighted by Crippen LogP contribution is 2.42. The average Bonchev–Trinajstić information content (AvgIpc) is 2.55. The van der Waals surface area contributed by atoms with Crippen molar-refractivity contribution in [1.29, 1.82) is 0 Å². The van der Waals surface area contributed by atoms with E-state index in [0.29, 0.717) is 5.41 Å². The number of aryl methyl sites for hydroxylation is 1. The van der Waals surface area contributed by atoms with E-state index < -0.39 is 5.97 Å². The van der Waals surface area contributed by atoms with Crippen LogP contribution in [0, 0.1) is 12.3 Å². The van der Waals surface area contributed by atoms with Crippen molar-refractivity contribution in [1.82, 2.24) is 14.8 Å². The minimum Gasteiger partial charge on any atom is -0.481 e. The van der Waals surface area contributed by atoms with Crippen LogP contribution >= 0.6 is 11.8 Å². The van der Waals surface area contributed by atoms with Gasteiger partial charge < -0.3 is 9.67 Å². The Bertz CT molecular complexity index is 426. The Balaban J connectivity index is 2.08. The fraction of sp³-hybridized carbons (Fsp3) is 0.727. The molecule has 1 aliphatic carbocycles. The summed E-state index contributed by atoms with van der Waals surface area (Å²) in [5.74, 6) is 0.0811. The van der Waals surface area contributed by atoms with E-state index in [1.807, 2.05) is 11.5 Å². The molecule has 0 aromatic carbocycles. The molecule has 0 spiro atoms. The van der Waals surface area contributed by atoms with Crippen molar-refractivity contribution in [2.75, 3.05) is 5.75 Å². The Morgan fingerprint density at radius 3 is 2.76 bits per heavy atom. The lowest BCUT2D eigenvalue weighted by atomic mass is 9.70. The zero-order valence-electron chi connectivity index (χ0n) is 10.1. The number of carboxylic acid groups (broad SMARTS) is 1. The highest BCUT2D eigenvalue weighted by atomic mass is 32.2. The molecule has 1 aromatic heterocycles. The molecule has 0 amide bonds. The van der Waals surface area contributed by atoms with Crippen LogP contribution in [0.1, 0.15) is 32.0 Å². The molecule has 0 unspecified atom stereocenters. The zero-order chi connectivity index (χ0) is 12.5. The summed E-state index contributed by atoms with van der Waals surface area (Å²) in [7, 11) is 0. The lowest BCUT2D eigenvalue weighted by Gasteiger charge is -2.39. The number of nitrogens with zero attached hydrogens (tertiary/aromatic N) is 3. The van der Waals surface area contributed by atoms with Crippen molar-refractivity contribution in [2.45, 2.75) is 44.8 Å². The van der Waals surface area contributed by atoms with Crippen LogP contribution in [-0.2, 0) is 11.3 Å². The molecule has 0 radical (unpaired) electrons. The largest absolute Gasteiger partial charge is 0.481 e. The van der Waals surface area contributed by atoms with Crippen LogP contribution in [0.3, 0.4) is 0 Å². The van der Waals surface area contributed by atoms with Gasteiger partial charge in [0.05, 0.1) is 5.75 Å². The first-order valence-electron chi connectivity index (χ1n) is 5.75. The van der Waals surface area contributed by atoms with Crippen molar-refractivity contribution >= 4 is 17.7 Å². The maximum Gasteiger partial charge on any atom is 0.313 e. The molecule has 0 bridgehead atoms. The molecular formula is C11H17N3O2S. The van der Waals surface area contributed by atoms with Crippen LogP contribution in [0.4, 0.5) is 0 Å². The van der Waals surface area contributed by atoms with Crippen LogP contribution in [0.2, 0.25) is 0 Å². The number of rotatable bonds is 5. The molecule has 1 N–H and O–H groups in total. The second-order valence-corrected chi connectivity index (χ2v) is 5.91. The summed E-state index contributed by atoms with van der Waals surface area (Å²) in [6.45, 7) is 5.08. The molecule has 0 aliphatic heterocycles. The second-order valence-electron chi connectivity index (χ2n) is 4.96. The van der Waals surface area contributed by atoms with Gasteiger partial charge in [-0.1, -0.05) is 25.1 Å². The number of aromatic nitrogens is 3. The summed E-state index contributed by atoms with van der Waals surface area (Å²) in [5.41, 5.74) is 0.339. The van der Waals surface area contributed by atoms with E-state index >= 15 is 0 Å². The van der Waals surface area contributed by atoms with E-state index in [1.165, 1.54) is 31.0 Å². The molecule has 5 nitrogen and oxygen atoms in total. The van der Waals surface area contributed by atoms with E-state index in [-0.39, 0.29) is 5.75 Å². The van der Waals surface area contributed by atoms with E-state index in [1.54, 1.807) is 0 Å². The predicted octanol–water partition coefficient (Wildman–Crippen LogP) is 1.95. The van der Waals surface area contributed by atoms with Gasteiger partial charge in [-0.2, -0.15) is 0 Å². The van der Waals surface area contributed by atoms with Crippen molar-refractivity contribution in [2.24, 2.45) is 5.41 Å². The molecule has 1 aliphatic rings. The zero-order valence-corrected chi connectivity index (χ0v) is 11.0. The summed E-state index contributed by atoms with van der Waals surface area (Å²) < 4.78 is 2.05. The Labute approximate surface area is 105 Å². The van der Waals surface area contributed by atoms with E-state index in [4.69, 9.17) is 5.11 Å². The molecule has 1 fully saturated rings. The van der Waals surface area contributed by atoms with Gasteiger partial charge in [-0.05, 0) is 25.2 Å². The van der Waals surface area contributed by atoms with Gasteiger partial charge in [0.1, 0.15) is 5.82 Å². The van der Waals surface area contributed by atoms with Gasteiger partial charge in [-0.25, -0.2) is 0 Å². The summed E-state index contributed by atoms with van der Waals surface area (Å²) in [5, 5.41) is 17.5. The first kappa shape index (κ1) is 12.4. The third-order valence-corrected chi connectivity index (χ3v) is 4.28. The first-order chi connectivity index (χ1) is 8.00. The predicted molar refractivity (Wildman–Crippen MR) is 65.1 cm³/mol. The molecule has 2 rings (SSSR count). The van der Waals surface area contributed by atoms with Crippen LogP contribution in [0.15, 0.2) is 5.16 Å². The number of hydrogen-bond acceptors (Lipinski definition) is 4. The average molecular weight is 255 g/mol. The Kier molecular flexibility index (Phi) is 3.42. The molecular weight excluding hydrogens is 238 g/mol. The number of carbonyl (C=O) groups is 1. The first-order valence-corrected chi connectivity index (χ1v) is 6.73. The standard InChI is InChI=1S/C11H17N3O2S/c1-8-12-13-10(17-6-9(15)16)14(8)7-11(2)4-3-5-11/h3-7H2,1-2H3,(H,15,16). The van der Waals surface area contributed by atoms with Crippen molar-refractivity contribution in [3.63, 3.8) is 0 Å². The van der Waals surface area contributed by atoms with Gasteiger partial charge in [0, 0.05) is 6.54 Å². The maximum atomic E-state index is 10.6. The van der Waals surface area contributed by atoms with Crippen LogP contribution in [0.5, 0.6) is 0 Å². The molecule has 1 heterocycles. The monoisotopic (exact) mass is 255 g/mol. The number of thioether (sulfide) groups is 1. The summed E-state index contributed by atoms with van der Waals surface area (Å²) >= 11 is 1.24. The van der Waals surface area contributed by atoms with Crippen molar-refractivity contribution in [3.05, 3.63) is 5.82 Å². The van der Waals surface area contributed by atoms with Gasteiger partial charge in [0.15, 0.2) is 5.16 Å². The molecule has 6 heteroatoms. The summed E-state index contributed by atoms with van der Waals surface area (Å²) in [6.07, 6.45) is 3.75. The smallest absolute Gasteiger partial charge is 0.313 e. The van der Waals surface area contributed by atoms with E-state index in [2.05, 4.69) is 17.1 Å². The van der Waals surface area contributed by atoms with Crippen LogP contribution in [0.25, 0.3) is 0 Å². The van der Waals surface area contributed by atoms with Gasteiger partial charge in [0.25, 0.3) is 0 Å². The van der Waals surface area contributed by atoms with Gasteiger partial charge >= 0.3 is 5.97 Å². The summed E-state index contributed by atoms with van der Waals surface area (Å²) in [6, 6.07) is 0. The lowest BCUT2D eigenvalue weighted by molar-refractivity contribution is -0.133. The molecule has 94 valence electrons. The maximum absolute atomic E-state index is 10.6. The fourth-order valence-electron chi connectivity index (χ4n) is 2.10. The summed E-state index contributed by atoms with van der Waals surface area (Å²) in [4.78, 5) is 10.6. The third-order valence-electron chi connectivity index (χ3n) is 3.33. The topological polar surface area (TPSA) is 68.0 Å². The molecule has 0 saturated heterocycles. The van der Waals surface area contributed by atoms with Gasteiger partial charge in [0.2, 0.25) is 0 Å². The molecule has 0 atom stereocenters. The minimum absolute atomic E-state index is 0.0366. The SMILES string of the molecule is Cc1nnc(SCC(=O)O)n1CC1(C)CCC1. The van der Waals surface area contributed by atoms with E-state index in [9.17, 15) is 4.79 Å². The quantitative estimate of drug-likeness (QED) is 0.814. The third kappa shape index (κ3) is 2.80. The van der Waals surface area contributed by atoms with Crippen LogP contribution in [-0.4, -0.2) is 31.6 Å². The Morgan fingerprint density at radius 1 is 1.53 bits per heavy atom. The highest BCUT2D eigenvalue weighted by molar-refractivity contribution is 7.99. The van der Waals surface area contributed by atoms with Crippen molar-refractivity contribution < 1.29 is 9.90 Å². The number of hydrogen-bond donors (Lipinski definition) is 1. The number of carboxylic acids is 1. The Hall–Kier alpha value is -1.04. The van der Waals surface area contributed by atoms with E-state index in [0.717, 1.165) is 17.5 Å². The highest BCUT2D eigenvalue weighted by Gasteiger charge is 2.33.